The number of aromatic hydroxyl groups is 2. The number of carbonyl (C=O) groups is 1. The van der Waals surface area contributed by atoms with E-state index in [4.69, 9.17) is 5.11 Å². The maximum Gasteiger partial charge on any atom is 0.275 e. The van der Waals surface area contributed by atoms with Gasteiger partial charge in [-0.1, -0.05) is 36.4 Å². The summed E-state index contributed by atoms with van der Waals surface area (Å²) < 4.78 is 0. The van der Waals surface area contributed by atoms with E-state index < -0.39 is 5.91 Å². The number of hydrogen-bond acceptors (Lipinski definition) is 4. The van der Waals surface area contributed by atoms with Gasteiger partial charge < -0.3 is 10.2 Å². The minimum absolute atomic E-state index is 0.0389. The van der Waals surface area contributed by atoms with Gasteiger partial charge in [0.05, 0.1) is 5.56 Å². The van der Waals surface area contributed by atoms with Crippen LogP contribution in [0.1, 0.15) is 15.9 Å². The molecular weight excluding hydrogens is 268 g/mol. The zero-order chi connectivity index (χ0) is 15.1. The van der Waals surface area contributed by atoms with Gasteiger partial charge in [-0.05, 0) is 23.8 Å². The molecule has 0 atom stereocenters. The number of nitrogens with one attached hydrogen (secondary N) is 1. The normalized spacial score (nSPS) is 11.0. The molecule has 1 amide bonds. The zero-order valence-corrected chi connectivity index (χ0v) is 11.1. The molecule has 5 heteroatoms. The molecule has 0 unspecified atom stereocenters. The summed E-state index contributed by atoms with van der Waals surface area (Å²) in [6.45, 7) is 0. The minimum atomic E-state index is -0.558. The summed E-state index contributed by atoms with van der Waals surface area (Å²) in [5.74, 6) is -0.974. The lowest BCUT2D eigenvalue weighted by Gasteiger charge is -2.02. The van der Waals surface area contributed by atoms with Crippen LogP contribution in [0, 0.1) is 0 Å². The van der Waals surface area contributed by atoms with Gasteiger partial charge in [0.2, 0.25) is 0 Å². The van der Waals surface area contributed by atoms with Crippen LogP contribution < -0.4 is 5.43 Å². The Morgan fingerprint density at radius 3 is 2.57 bits per heavy atom. The van der Waals surface area contributed by atoms with Crippen molar-refractivity contribution >= 4 is 18.2 Å². The number of rotatable bonds is 4. The second-order valence-electron chi connectivity index (χ2n) is 4.19. The molecule has 0 spiro atoms. The van der Waals surface area contributed by atoms with Crippen molar-refractivity contribution < 1.29 is 15.0 Å². The molecule has 0 saturated carbocycles. The van der Waals surface area contributed by atoms with Gasteiger partial charge in [0, 0.05) is 12.3 Å². The number of amides is 1. The van der Waals surface area contributed by atoms with Crippen molar-refractivity contribution in [1.82, 2.24) is 5.43 Å². The van der Waals surface area contributed by atoms with E-state index in [2.05, 4.69) is 10.5 Å². The molecule has 0 fully saturated rings. The van der Waals surface area contributed by atoms with Crippen LogP contribution in [0.25, 0.3) is 6.08 Å². The second kappa shape index (κ2) is 6.91. The first-order valence-corrected chi connectivity index (χ1v) is 6.24. The molecule has 106 valence electrons. The van der Waals surface area contributed by atoms with Crippen LogP contribution >= 0.6 is 0 Å². The first-order chi connectivity index (χ1) is 10.2. The number of hydrogen-bond donors (Lipinski definition) is 3. The Kier molecular flexibility index (Phi) is 4.71. The van der Waals surface area contributed by atoms with E-state index in [9.17, 15) is 9.90 Å². The summed E-state index contributed by atoms with van der Waals surface area (Å²) in [6, 6.07) is 13.4. The van der Waals surface area contributed by atoms with Crippen LogP contribution in [-0.2, 0) is 0 Å². The molecule has 2 rings (SSSR count). The maximum absolute atomic E-state index is 11.7. The fourth-order valence-corrected chi connectivity index (χ4v) is 1.63. The van der Waals surface area contributed by atoms with Gasteiger partial charge in [0.15, 0.2) is 0 Å². The Bertz CT molecular complexity index is 679. The van der Waals surface area contributed by atoms with Crippen molar-refractivity contribution in [3.05, 3.63) is 65.7 Å². The molecular formula is C16H14N2O3. The first-order valence-electron chi connectivity index (χ1n) is 6.24. The van der Waals surface area contributed by atoms with Crippen LogP contribution in [0.5, 0.6) is 11.5 Å². The summed E-state index contributed by atoms with van der Waals surface area (Å²) >= 11 is 0. The van der Waals surface area contributed by atoms with Crippen molar-refractivity contribution in [3.63, 3.8) is 0 Å². The summed E-state index contributed by atoms with van der Waals surface area (Å²) in [4.78, 5) is 11.7. The molecule has 21 heavy (non-hydrogen) atoms. The lowest BCUT2D eigenvalue weighted by atomic mass is 10.2. The Hall–Kier alpha value is -3.08. The Balaban J connectivity index is 1.92. The van der Waals surface area contributed by atoms with Crippen LogP contribution in [0.4, 0.5) is 0 Å². The average Bonchev–Trinajstić information content (AvgIpc) is 2.47. The molecule has 0 aliphatic rings. The number of phenols is 2. The largest absolute Gasteiger partial charge is 0.508 e. The number of allylic oxidation sites excluding steroid dienone is 1. The average molecular weight is 282 g/mol. The highest BCUT2D eigenvalue weighted by atomic mass is 16.3. The van der Waals surface area contributed by atoms with E-state index in [0.29, 0.717) is 0 Å². The smallest absolute Gasteiger partial charge is 0.275 e. The molecule has 3 N–H and O–H groups in total. The highest BCUT2D eigenvalue weighted by Gasteiger charge is 2.10. The van der Waals surface area contributed by atoms with Gasteiger partial charge in [0.25, 0.3) is 5.91 Å². The van der Waals surface area contributed by atoms with E-state index in [1.807, 2.05) is 36.4 Å². The first kappa shape index (κ1) is 14.3. The summed E-state index contributed by atoms with van der Waals surface area (Å²) in [7, 11) is 0. The van der Waals surface area contributed by atoms with Gasteiger partial charge in [-0.25, -0.2) is 5.43 Å². The summed E-state index contributed by atoms with van der Waals surface area (Å²) in [5.41, 5.74) is 3.34. The zero-order valence-electron chi connectivity index (χ0n) is 11.1. The molecule has 0 heterocycles. The van der Waals surface area contributed by atoms with Crippen LogP contribution in [0.2, 0.25) is 0 Å². The van der Waals surface area contributed by atoms with Crippen LogP contribution in [0.3, 0.4) is 0 Å². The topological polar surface area (TPSA) is 81.9 Å². The quantitative estimate of drug-likeness (QED) is 0.595. The number of phenolic OH excluding ortho intramolecular Hbond substituents is 2. The number of hydrazone groups is 1. The van der Waals surface area contributed by atoms with Crippen LogP contribution in [0.15, 0.2) is 59.7 Å². The van der Waals surface area contributed by atoms with Gasteiger partial charge in [-0.3, -0.25) is 4.79 Å². The van der Waals surface area contributed by atoms with Gasteiger partial charge in [0.1, 0.15) is 11.5 Å². The van der Waals surface area contributed by atoms with Crippen molar-refractivity contribution in [2.75, 3.05) is 0 Å². The maximum atomic E-state index is 11.7. The third-order valence-corrected chi connectivity index (χ3v) is 2.64. The van der Waals surface area contributed by atoms with Gasteiger partial charge in [-0.2, -0.15) is 5.10 Å². The molecule has 0 aromatic heterocycles. The minimum Gasteiger partial charge on any atom is -0.508 e. The highest BCUT2D eigenvalue weighted by Crippen LogP contribution is 2.22. The van der Waals surface area contributed by atoms with Crippen molar-refractivity contribution in [3.8, 4) is 11.5 Å². The lowest BCUT2D eigenvalue weighted by Crippen LogP contribution is -2.17. The third-order valence-electron chi connectivity index (χ3n) is 2.64. The van der Waals surface area contributed by atoms with Crippen molar-refractivity contribution in [2.45, 2.75) is 0 Å². The van der Waals surface area contributed by atoms with Crippen LogP contribution in [-0.4, -0.2) is 22.3 Å². The fourth-order valence-electron chi connectivity index (χ4n) is 1.63. The monoisotopic (exact) mass is 282 g/mol. The van der Waals surface area contributed by atoms with Gasteiger partial charge in [-0.15, -0.1) is 0 Å². The fraction of sp³-hybridized carbons (Fsp3) is 0. The Morgan fingerprint density at radius 2 is 1.86 bits per heavy atom. The number of carbonyl (C=O) groups excluding carboxylic acids is 1. The SMILES string of the molecule is O=C(N/N=C/C=C/c1ccccc1)c1ccc(O)cc1O. The predicted octanol–water partition coefficient (Wildman–Crippen LogP) is 2.53. The van der Waals surface area contributed by atoms with Crippen molar-refractivity contribution in [2.24, 2.45) is 5.10 Å². The molecule has 0 aliphatic carbocycles. The van der Waals surface area contributed by atoms with E-state index >= 15 is 0 Å². The number of benzene rings is 2. The van der Waals surface area contributed by atoms with Crippen molar-refractivity contribution in [1.29, 1.82) is 0 Å². The lowest BCUT2D eigenvalue weighted by molar-refractivity contribution is 0.0952. The highest BCUT2D eigenvalue weighted by molar-refractivity contribution is 5.97. The van der Waals surface area contributed by atoms with E-state index in [1.54, 1.807) is 6.08 Å². The summed E-state index contributed by atoms with van der Waals surface area (Å²) in [6.07, 6.45) is 4.96. The Morgan fingerprint density at radius 1 is 1.10 bits per heavy atom. The predicted molar refractivity (Wildman–Crippen MR) is 81.2 cm³/mol. The standard InChI is InChI=1S/C16H14N2O3/c19-13-8-9-14(15(20)11-13)16(21)18-17-10-4-7-12-5-2-1-3-6-12/h1-11,19-20H,(H,18,21)/b7-4+,17-10+. The molecule has 0 bridgehead atoms. The molecule has 5 nitrogen and oxygen atoms in total. The van der Waals surface area contributed by atoms with E-state index in [1.165, 1.54) is 18.3 Å². The summed E-state index contributed by atoms with van der Waals surface area (Å²) in [5, 5.41) is 22.4. The van der Waals surface area contributed by atoms with Gasteiger partial charge >= 0.3 is 0 Å². The third kappa shape index (κ3) is 4.21. The van der Waals surface area contributed by atoms with E-state index in [-0.39, 0.29) is 17.1 Å². The molecule has 2 aromatic carbocycles. The molecule has 0 saturated heterocycles. The molecule has 0 aliphatic heterocycles. The van der Waals surface area contributed by atoms with E-state index in [0.717, 1.165) is 11.6 Å². The second-order valence-corrected chi connectivity index (χ2v) is 4.19. The molecule has 2 aromatic rings. The number of nitrogens with zero attached hydrogens (tertiary/aromatic N) is 1. The molecule has 0 radical (unpaired) electrons. The Labute approximate surface area is 121 Å².